The maximum Gasteiger partial charge on any atom is 0.243 e. The van der Waals surface area contributed by atoms with Gasteiger partial charge in [0.2, 0.25) is 21.8 Å². The van der Waals surface area contributed by atoms with Crippen LogP contribution in [0.4, 0.5) is 0 Å². The number of sulfonamides is 1. The molecule has 2 aliphatic carbocycles. The molecule has 0 spiro atoms. The summed E-state index contributed by atoms with van der Waals surface area (Å²) in [6, 6.07) is 12.2. The number of nitrogens with zero attached hydrogens (tertiary/aromatic N) is 1. The average molecular weight is 551 g/mol. The van der Waals surface area contributed by atoms with E-state index in [-0.39, 0.29) is 36.4 Å². The van der Waals surface area contributed by atoms with E-state index < -0.39 is 22.0 Å². The molecule has 1 aliphatic heterocycles. The predicted octanol–water partition coefficient (Wildman–Crippen LogP) is 3.22. The van der Waals surface area contributed by atoms with E-state index in [0.717, 1.165) is 48.1 Å². The van der Waals surface area contributed by atoms with Gasteiger partial charge in [0, 0.05) is 25.7 Å². The third kappa shape index (κ3) is 6.10. The maximum atomic E-state index is 13.4. The second-order valence-electron chi connectivity index (χ2n) is 11.0. The Hall–Kier alpha value is -3.01. The summed E-state index contributed by atoms with van der Waals surface area (Å²) >= 11 is 0. The molecule has 2 aromatic rings. The number of carbonyl (C=O) groups excluding carboxylic acids is 2. The highest BCUT2D eigenvalue weighted by Crippen LogP contribution is 2.32. The van der Waals surface area contributed by atoms with Gasteiger partial charge < -0.3 is 16.0 Å². The number of benzene rings is 2. The van der Waals surface area contributed by atoms with E-state index in [4.69, 9.17) is 0 Å². The number of nitrogens with one attached hydrogen (secondary N) is 3. The van der Waals surface area contributed by atoms with Crippen LogP contribution in [-0.2, 0) is 26.0 Å². The zero-order chi connectivity index (χ0) is 27.6. The summed E-state index contributed by atoms with van der Waals surface area (Å²) in [7, 11) is -3.93. The quantitative estimate of drug-likeness (QED) is 0.445. The Morgan fingerprint density at radius 2 is 1.87 bits per heavy atom. The Balaban J connectivity index is 1.26. The number of hydrogen-bond donors (Lipinski definition) is 3. The second-order valence-corrected chi connectivity index (χ2v) is 12.9. The SMILES string of the molecule is C=C(CNC1CCC1)c1ccc2c(c1)CCC[C@H]2NC(=O)CC1C(=O)NCCN1S(=O)(=O)c1ccc(C)cc1. The lowest BCUT2D eigenvalue weighted by molar-refractivity contribution is -0.132. The Labute approximate surface area is 231 Å². The maximum absolute atomic E-state index is 13.4. The molecule has 1 saturated heterocycles. The normalized spacial score (nSPS) is 21.9. The van der Waals surface area contributed by atoms with Crippen molar-refractivity contribution in [3.8, 4) is 0 Å². The lowest BCUT2D eigenvalue weighted by Gasteiger charge is -2.34. The third-order valence-electron chi connectivity index (χ3n) is 8.20. The molecule has 0 radical (unpaired) electrons. The highest BCUT2D eigenvalue weighted by molar-refractivity contribution is 7.89. The summed E-state index contributed by atoms with van der Waals surface area (Å²) in [6.45, 7) is 7.26. The summed E-state index contributed by atoms with van der Waals surface area (Å²) in [5.74, 6) is -0.785. The van der Waals surface area contributed by atoms with Gasteiger partial charge in [-0.2, -0.15) is 4.31 Å². The second kappa shape index (κ2) is 11.6. The van der Waals surface area contributed by atoms with Gasteiger partial charge >= 0.3 is 0 Å². The van der Waals surface area contributed by atoms with Crippen LogP contribution in [0.25, 0.3) is 5.57 Å². The Kier molecular flexibility index (Phi) is 8.21. The minimum absolute atomic E-state index is 0.119. The Morgan fingerprint density at radius 1 is 1.10 bits per heavy atom. The summed E-state index contributed by atoms with van der Waals surface area (Å²) in [5, 5.41) is 9.38. The molecule has 1 unspecified atom stereocenters. The molecule has 9 heteroatoms. The van der Waals surface area contributed by atoms with E-state index in [9.17, 15) is 18.0 Å². The first-order valence-corrected chi connectivity index (χ1v) is 15.4. The van der Waals surface area contributed by atoms with Crippen LogP contribution < -0.4 is 16.0 Å². The Morgan fingerprint density at radius 3 is 2.59 bits per heavy atom. The van der Waals surface area contributed by atoms with Crippen LogP contribution in [0.2, 0.25) is 0 Å². The number of carbonyl (C=O) groups is 2. The summed E-state index contributed by atoms with van der Waals surface area (Å²) in [6.07, 6.45) is 6.20. The van der Waals surface area contributed by atoms with E-state index in [2.05, 4.69) is 40.7 Å². The van der Waals surface area contributed by atoms with Crippen molar-refractivity contribution in [1.29, 1.82) is 0 Å². The molecule has 0 aromatic heterocycles. The minimum Gasteiger partial charge on any atom is -0.353 e. The monoisotopic (exact) mass is 550 g/mol. The van der Waals surface area contributed by atoms with Crippen molar-refractivity contribution < 1.29 is 18.0 Å². The van der Waals surface area contributed by atoms with Gasteiger partial charge in [-0.05, 0) is 73.4 Å². The molecular weight excluding hydrogens is 512 g/mol. The van der Waals surface area contributed by atoms with Gasteiger partial charge in [-0.3, -0.25) is 9.59 Å². The van der Waals surface area contributed by atoms with E-state index in [1.165, 1.54) is 29.1 Å². The first kappa shape index (κ1) is 27.6. The van der Waals surface area contributed by atoms with E-state index in [0.29, 0.717) is 6.04 Å². The van der Waals surface area contributed by atoms with Gasteiger partial charge in [0.05, 0.1) is 17.4 Å². The highest BCUT2D eigenvalue weighted by Gasteiger charge is 2.40. The van der Waals surface area contributed by atoms with Gasteiger partial charge in [-0.1, -0.05) is 48.9 Å². The van der Waals surface area contributed by atoms with Gasteiger partial charge in [0.15, 0.2) is 0 Å². The summed E-state index contributed by atoms with van der Waals surface area (Å²) in [5.41, 5.74) is 5.40. The third-order valence-corrected chi connectivity index (χ3v) is 10.1. The molecule has 2 fully saturated rings. The first-order valence-electron chi connectivity index (χ1n) is 13.9. The van der Waals surface area contributed by atoms with Crippen molar-refractivity contribution in [2.45, 2.75) is 74.9 Å². The van der Waals surface area contributed by atoms with Crippen LogP contribution in [0.15, 0.2) is 53.9 Å². The fraction of sp³-hybridized carbons (Fsp3) is 0.467. The molecule has 1 saturated carbocycles. The van der Waals surface area contributed by atoms with Crippen LogP contribution in [0.3, 0.4) is 0 Å². The predicted molar refractivity (Wildman–Crippen MR) is 151 cm³/mol. The molecule has 2 aromatic carbocycles. The molecular formula is C30H38N4O4S. The van der Waals surface area contributed by atoms with E-state index >= 15 is 0 Å². The molecule has 2 atom stereocenters. The van der Waals surface area contributed by atoms with Crippen molar-refractivity contribution in [3.05, 3.63) is 71.3 Å². The van der Waals surface area contributed by atoms with Crippen LogP contribution in [0.5, 0.6) is 0 Å². The first-order chi connectivity index (χ1) is 18.7. The minimum atomic E-state index is -3.93. The zero-order valence-corrected chi connectivity index (χ0v) is 23.4. The largest absolute Gasteiger partial charge is 0.353 e. The molecule has 1 heterocycles. The molecule has 39 heavy (non-hydrogen) atoms. The topological polar surface area (TPSA) is 108 Å². The van der Waals surface area contributed by atoms with Crippen LogP contribution in [-0.4, -0.2) is 56.3 Å². The van der Waals surface area contributed by atoms with Crippen molar-refractivity contribution in [3.63, 3.8) is 0 Å². The lowest BCUT2D eigenvalue weighted by atomic mass is 9.85. The van der Waals surface area contributed by atoms with Crippen molar-refractivity contribution in [2.75, 3.05) is 19.6 Å². The van der Waals surface area contributed by atoms with Gasteiger partial charge in [0.1, 0.15) is 6.04 Å². The van der Waals surface area contributed by atoms with Gasteiger partial charge in [-0.25, -0.2) is 8.42 Å². The number of piperazine rings is 1. The van der Waals surface area contributed by atoms with Crippen LogP contribution in [0, 0.1) is 6.92 Å². The van der Waals surface area contributed by atoms with Gasteiger partial charge in [-0.15, -0.1) is 0 Å². The van der Waals surface area contributed by atoms with E-state index in [1.807, 2.05) is 6.92 Å². The zero-order valence-electron chi connectivity index (χ0n) is 22.5. The highest BCUT2D eigenvalue weighted by atomic mass is 32.2. The molecule has 2 amide bonds. The van der Waals surface area contributed by atoms with Crippen molar-refractivity contribution in [2.24, 2.45) is 0 Å². The molecule has 8 nitrogen and oxygen atoms in total. The molecule has 5 rings (SSSR count). The fourth-order valence-corrected chi connectivity index (χ4v) is 7.20. The van der Waals surface area contributed by atoms with Crippen LogP contribution in [0.1, 0.15) is 66.8 Å². The van der Waals surface area contributed by atoms with Crippen molar-refractivity contribution in [1.82, 2.24) is 20.3 Å². The molecule has 208 valence electrons. The fourth-order valence-electron chi connectivity index (χ4n) is 5.62. The number of amides is 2. The summed E-state index contributed by atoms with van der Waals surface area (Å²) in [4.78, 5) is 26.1. The standard InChI is InChI=1S/C30H38N4O4S/c1-20-9-12-25(13-10-20)39(37,38)34-16-15-31-30(36)28(34)18-29(35)33-27-8-3-5-23-17-22(11-14-26(23)27)21(2)19-32-24-6-4-7-24/h9-14,17,24,27-28,32H,2-8,15-16,18-19H2,1H3,(H,31,36)(H,33,35)/t27-,28?/m1/s1. The van der Waals surface area contributed by atoms with Gasteiger partial charge in [0.25, 0.3) is 0 Å². The average Bonchev–Trinajstić information content (AvgIpc) is 2.89. The number of aryl methyl sites for hydroxylation is 2. The van der Waals surface area contributed by atoms with Crippen LogP contribution >= 0.6 is 0 Å². The number of hydrogen-bond acceptors (Lipinski definition) is 5. The van der Waals surface area contributed by atoms with E-state index in [1.54, 1.807) is 24.3 Å². The summed E-state index contributed by atoms with van der Waals surface area (Å²) < 4.78 is 27.9. The lowest BCUT2D eigenvalue weighted by Crippen LogP contribution is -2.58. The number of rotatable bonds is 9. The smallest absolute Gasteiger partial charge is 0.243 e. The Bertz CT molecular complexity index is 1350. The number of fused-ring (bicyclic) bond motifs is 1. The van der Waals surface area contributed by atoms with Crippen molar-refractivity contribution >= 4 is 27.4 Å². The molecule has 3 N–H and O–H groups in total. The molecule has 0 bridgehead atoms. The molecule has 3 aliphatic rings.